The minimum atomic E-state index is -3.42. The van der Waals surface area contributed by atoms with Gasteiger partial charge < -0.3 is 9.47 Å². The fourth-order valence-corrected chi connectivity index (χ4v) is 2.92. The van der Waals surface area contributed by atoms with E-state index in [1.807, 2.05) is 6.92 Å². The Hall–Kier alpha value is -1.11. The largest absolute Gasteiger partial charge is 0.494 e. The van der Waals surface area contributed by atoms with Crippen LogP contribution >= 0.6 is 0 Å². The maximum absolute atomic E-state index is 12.1. The van der Waals surface area contributed by atoms with Crippen LogP contribution in [0.4, 0.5) is 0 Å². The minimum absolute atomic E-state index is 0.134. The second-order valence-electron chi connectivity index (χ2n) is 3.62. The van der Waals surface area contributed by atoms with Gasteiger partial charge in [0.1, 0.15) is 12.5 Å². The van der Waals surface area contributed by atoms with Crippen molar-refractivity contribution >= 4 is 10.0 Å². The molecule has 1 aliphatic rings. The van der Waals surface area contributed by atoms with E-state index in [9.17, 15) is 8.42 Å². The molecule has 0 bridgehead atoms. The van der Waals surface area contributed by atoms with E-state index in [0.717, 1.165) is 0 Å². The standard InChI is InChI=1S/C11H15NO4S/c1-2-16-10-3-5-11(6-4-10)17(13,14)12-7-8-15-9-12/h3-6H,2,7-9H2,1H3. The van der Waals surface area contributed by atoms with Gasteiger partial charge in [0.15, 0.2) is 0 Å². The molecule has 0 atom stereocenters. The average Bonchev–Trinajstić information content (AvgIpc) is 2.84. The van der Waals surface area contributed by atoms with Crippen molar-refractivity contribution in [2.24, 2.45) is 0 Å². The van der Waals surface area contributed by atoms with Gasteiger partial charge in [0, 0.05) is 6.54 Å². The highest BCUT2D eigenvalue weighted by atomic mass is 32.2. The Morgan fingerprint density at radius 1 is 1.35 bits per heavy atom. The van der Waals surface area contributed by atoms with Crippen molar-refractivity contribution in [3.8, 4) is 5.75 Å². The first-order valence-electron chi connectivity index (χ1n) is 5.45. The molecule has 0 aliphatic carbocycles. The van der Waals surface area contributed by atoms with Crippen LogP contribution in [0.25, 0.3) is 0 Å². The number of hydrogen-bond donors (Lipinski definition) is 0. The lowest BCUT2D eigenvalue weighted by Crippen LogP contribution is -2.28. The van der Waals surface area contributed by atoms with Crippen molar-refractivity contribution < 1.29 is 17.9 Å². The first-order chi connectivity index (χ1) is 8.14. The third kappa shape index (κ3) is 2.59. The number of rotatable bonds is 4. The Balaban J connectivity index is 2.21. The van der Waals surface area contributed by atoms with Crippen LogP contribution in [-0.2, 0) is 14.8 Å². The second-order valence-corrected chi connectivity index (χ2v) is 5.56. The Kier molecular flexibility index (Phi) is 3.66. The van der Waals surface area contributed by atoms with Gasteiger partial charge in [0.25, 0.3) is 0 Å². The van der Waals surface area contributed by atoms with Crippen LogP contribution in [0.15, 0.2) is 29.2 Å². The van der Waals surface area contributed by atoms with Crippen molar-refractivity contribution in [1.29, 1.82) is 0 Å². The topological polar surface area (TPSA) is 55.8 Å². The van der Waals surface area contributed by atoms with Gasteiger partial charge in [-0.2, -0.15) is 4.31 Å². The lowest BCUT2D eigenvalue weighted by molar-refractivity contribution is 0.172. The molecule has 0 N–H and O–H groups in total. The molecular formula is C11H15NO4S. The molecule has 1 heterocycles. The summed E-state index contributed by atoms with van der Waals surface area (Å²) in [5, 5.41) is 0. The van der Waals surface area contributed by atoms with Gasteiger partial charge in [-0.15, -0.1) is 0 Å². The Morgan fingerprint density at radius 3 is 2.59 bits per heavy atom. The summed E-state index contributed by atoms with van der Waals surface area (Å²) in [5.74, 6) is 0.670. The summed E-state index contributed by atoms with van der Waals surface area (Å²) < 4.78 is 35.9. The number of ether oxygens (including phenoxy) is 2. The molecule has 0 spiro atoms. The van der Waals surface area contributed by atoms with Crippen LogP contribution < -0.4 is 4.74 Å². The van der Waals surface area contributed by atoms with Crippen LogP contribution in [0, 0.1) is 0 Å². The molecule has 2 rings (SSSR count). The minimum Gasteiger partial charge on any atom is -0.494 e. The number of nitrogens with zero attached hydrogens (tertiary/aromatic N) is 1. The van der Waals surface area contributed by atoms with Crippen molar-refractivity contribution in [2.45, 2.75) is 11.8 Å². The predicted octanol–water partition coefficient (Wildman–Crippen LogP) is 1.06. The second kappa shape index (κ2) is 5.03. The molecule has 0 amide bonds. The Morgan fingerprint density at radius 2 is 2.06 bits per heavy atom. The fraction of sp³-hybridized carbons (Fsp3) is 0.455. The van der Waals surface area contributed by atoms with Crippen LogP contribution in [0.2, 0.25) is 0 Å². The van der Waals surface area contributed by atoms with E-state index in [-0.39, 0.29) is 11.6 Å². The van der Waals surface area contributed by atoms with E-state index in [2.05, 4.69) is 0 Å². The summed E-state index contributed by atoms with van der Waals surface area (Å²) in [7, 11) is -3.42. The van der Waals surface area contributed by atoms with Gasteiger partial charge in [0.2, 0.25) is 10.0 Å². The van der Waals surface area contributed by atoms with Gasteiger partial charge >= 0.3 is 0 Å². The summed E-state index contributed by atoms with van der Waals surface area (Å²) in [5.41, 5.74) is 0. The molecule has 5 nitrogen and oxygen atoms in total. The van der Waals surface area contributed by atoms with Crippen LogP contribution in [-0.4, -0.2) is 39.2 Å². The van der Waals surface area contributed by atoms with Gasteiger partial charge in [-0.1, -0.05) is 0 Å². The van der Waals surface area contributed by atoms with Crippen molar-refractivity contribution in [3.05, 3.63) is 24.3 Å². The van der Waals surface area contributed by atoms with Gasteiger partial charge in [0.05, 0.1) is 18.1 Å². The smallest absolute Gasteiger partial charge is 0.245 e. The average molecular weight is 257 g/mol. The summed E-state index contributed by atoms with van der Waals surface area (Å²) in [6.07, 6.45) is 0. The maximum atomic E-state index is 12.1. The monoisotopic (exact) mass is 257 g/mol. The van der Waals surface area contributed by atoms with E-state index >= 15 is 0 Å². The highest BCUT2D eigenvalue weighted by molar-refractivity contribution is 7.89. The normalized spacial score (nSPS) is 17.2. The molecule has 1 aromatic rings. The molecule has 1 saturated heterocycles. The zero-order valence-electron chi connectivity index (χ0n) is 9.63. The number of benzene rings is 1. The molecule has 0 saturated carbocycles. The van der Waals surface area contributed by atoms with Crippen LogP contribution in [0.3, 0.4) is 0 Å². The summed E-state index contributed by atoms with van der Waals surface area (Å²) in [4.78, 5) is 0.270. The molecular weight excluding hydrogens is 242 g/mol. The fourth-order valence-electron chi connectivity index (χ4n) is 1.61. The number of hydrogen-bond acceptors (Lipinski definition) is 4. The SMILES string of the molecule is CCOc1ccc(S(=O)(=O)N2CCOC2)cc1. The van der Waals surface area contributed by atoms with E-state index in [1.165, 1.54) is 4.31 Å². The lowest BCUT2D eigenvalue weighted by atomic mass is 10.3. The predicted molar refractivity (Wildman–Crippen MR) is 62.3 cm³/mol. The summed E-state index contributed by atoms with van der Waals surface area (Å²) in [6, 6.07) is 6.43. The van der Waals surface area contributed by atoms with Crippen molar-refractivity contribution in [1.82, 2.24) is 4.31 Å². The first-order valence-corrected chi connectivity index (χ1v) is 6.89. The summed E-state index contributed by atoms with van der Waals surface area (Å²) in [6.45, 7) is 3.44. The first kappa shape index (κ1) is 12.3. The molecule has 1 aromatic carbocycles. The zero-order chi connectivity index (χ0) is 12.3. The quantitative estimate of drug-likeness (QED) is 0.809. The lowest BCUT2D eigenvalue weighted by Gasteiger charge is -2.14. The third-order valence-corrected chi connectivity index (χ3v) is 4.33. The molecule has 17 heavy (non-hydrogen) atoms. The van der Waals surface area contributed by atoms with Gasteiger partial charge in [-0.05, 0) is 31.2 Å². The maximum Gasteiger partial charge on any atom is 0.245 e. The molecule has 0 unspecified atom stereocenters. The molecule has 0 aromatic heterocycles. The molecule has 1 fully saturated rings. The van der Waals surface area contributed by atoms with Gasteiger partial charge in [-0.25, -0.2) is 8.42 Å². The van der Waals surface area contributed by atoms with Crippen molar-refractivity contribution in [3.63, 3.8) is 0 Å². The molecule has 6 heteroatoms. The third-order valence-electron chi connectivity index (χ3n) is 2.49. The van der Waals surface area contributed by atoms with E-state index in [4.69, 9.17) is 9.47 Å². The van der Waals surface area contributed by atoms with Gasteiger partial charge in [-0.3, -0.25) is 0 Å². The molecule has 94 valence electrons. The molecule has 0 radical (unpaired) electrons. The molecule has 1 aliphatic heterocycles. The van der Waals surface area contributed by atoms with E-state index in [0.29, 0.717) is 25.5 Å². The van der Waals surface area contributed by atoms with Crippen molar-refractivity contribution in [2.75, 3.05) is 26.5 Å². The van der Waals surface area contributed by atoms with E-state index in [1.54, 1.807) is 24.3 Å². The summed E-state index contributed by atoms with van der Waals surface area (Å²) >= 11 is 0. The highest BCUT2D eigenvalue weighted by Gasteiger charge is 2.27. The Labute approximate surface area is 101 Å². The van der Waals surface area contributed by atoms with E-state index < -0.39 is 10.0 Å². The Bertz CT molecular complexity index is 463. The number of sulfonamides is 1. The van der Waals surface area contributed by atoms with Crippen LogP contribution in [0.5, 0.6) is 5.75 Å². The zero-order valence-corrected chi connectivity index (χ0v) is 10.4. The van der Waals surface area contributed by atoms with Crippen LogP contribution in [0.1, 0.15) is 6.92 Å². The highest BCUT2D eigenvalue weighted by Crippen LogP contribution is 2.20.